The number of hydrogen-bond donors (Lipinski definition) is 2. The van der Waals surface area contributed by atoms with E-state index in [2.05, 4.69) is 11.8 Å². The Hall–Kier alpha value is -2.62. The molecule has 1 fully saturated rings. The fourth-order valence-electron chi connectivity index (χ4n) is 4.22. The molecule has 186 valence electrons. The van der Waals surface area contributed by atoms with Crippen LogP contribution in [0.4, 0.5) is 0 Å². The van der Waals surface area contributed by atoms with Crippen LogP contribution >= 0.6 is 0 Å². The SMILES string of the molecule is CCCCOc1ccc(S(=O)(=O)C2(C(=O)NO)CCN(CC(C)Oc3ccccc3)CC2)cc1. The van der Waals surface area contributed by atoms with Gasteiger partial charge in [-0.2, -0.15) is 0 Å². The highest BCUT2D eigenvalue weighted by molar-refractivity contribution is 7.93. The highest BCUT2D eigenvalue weighted by Gasteiger charge is 2.53. The Bertz CT molecular complexity index is 1020. The number of hydroxylamine groups is 1. The van der Waals surface area contributed by atoms with Crippen LogP contribution in [0.15, 0.2) is 59.5 Å². The summed E-state index contributed by atoms with van der Waals surface area (Å²) in [6, 6.07) is 15.6. The predicted molar refractivity (Wildman–Crippen MR) is 129 cm³/mol. The molecule has 0 spiro atoms. The Morgan fingerprint density at radius 1 is 1.09 bits per heavy atom. The molecule has 0 aromatic heterocycles. The van der Waals surface area contributed by atoms with Crippen LogP contribution in [0.2, 0.25) is 0 Å². The molecular formula is C25H34N2O6S. The lowest BCUT2D eigenvalue weighted by atomic mass is 9.94. The number of carbonyl (C=O) groups is 1. The van der Waals surface area contributed by atoms with Crippen LogP contribution in [-0.4, -0.2) is 61.5 Å². The van der Waals surface area contributed by atoms with Gasteiger partial charge in [0.2, 0.25) is 0 Å². The van der Waals surface area contributed by atoms with Gasteiger partial charge in [-0.05, 0) is 62.6 Å². The van der Waals surface area contributed by atoms with E-state index >= 15 is 0 Å². The van der Waals surface area contributed by atoms with Crippen molar-refractivity contribution in [3.8, 4) is 11.5 Å². The number of piperidine rings is 1. The number of hydrogen-bond acceptors (Lipinski definition) is 7. The maximum atomic E-state index is 13.6. The zero-order chi connectivity index (χ0) is 24.6. The average molecular weight is 491 g/mol. The maximum Gasteiger partial charge on any atom is 0.265 e. The third kappa shape index (κ3) is 5.89. The first-order chi connectivity index (χ1) is 16.3. The summed E-state index contributed by atoms with van der Waals surface area (Å²) in [5.74, 6) is 0.449. The van der Waals surface area contributed by atoms with Gasteiger partial charge in [0.25, 0.3) is 5.91 Å². The molecule has 1 amide bonds. The molecule has 0 aliphatic carbocycles. The van der Waals surface area contributed by atoms with Crippen LogP contribution in [0, 0.1) is 0 Å². The van der Waals surface area contributed by atoms with E-state index in [1.54, 1.807) is 17.6 Å². The standard InChI is InChI=1S/C25H34N2O6S/c1-3-4-18-32-21-10-12-23(13-11-21)34(30,31)25(24(28)26-29)14-16-27(17-15-25)19-20(2)33-22-8-6-5-7-9-22/h5-13,20,29H,3-4,14-19H2,1-2H3,(H,26,28). The second-order valence-electron chi connectivity index (χ2n) is 8.65. The van der Waals surface area contributed by atoms with Gasteiger partial charge >= 0.3 is 0 Å². The first-order valence-corrected chi connectivity index (χ1v) is 13.2. The minimum absolute atomic E-state index is 0.0353. The lowest BCUT2D eigenvalue weighted by Gasteiger charge is -2.40. The number of carbonyl (C=O) groups excluding carboxylic acids is 1. The van der Waals surface area contributed by atoms with E-state index in [0.717, 1.165) is 18.6 Å². The average Bonchev–Trinajstić information content (AvgIpc) is 2.85. The van der Waals surface area contributed by atoms with Gasteiger partial charge in [-0.3, -0.25) is 14.9 Å². The minimum Gasteiger partial charge on any atom is -0.494 e. The molecule has 9 heteroatoms. The van der Waals surface area contributed by atoms with E-state index in [0.29, 0.717) is 32.0 Å². The third-order valence-corrected chi connectivity index (χ3v) is 8.71. The van der Waals surface area contributed by atoms with Crippen LogP contribution in [0.25, 0.3) is 0 Å². The maximum absolute atomic E-state index is 13.6. The van der Waals surface area contributed by atoms with Crippen LogP contribution < -0.4 is 15.0 Å². The quantitative estimate of drug-likeness (QED) is 0.282. The van der Waals surface area contributed by atoms with E-state index in [4.69, 9.17) is 9.47 Å². The molecule has 0 bridgehead atoms. The van der Waals surface area contributed by atoms with E-state index in [1.165, 1.54) is 12.1 Å². The first kappa shape index (κ1) is 26.0. The van der Waals surface area contributed by atoms with Crippen LogP contribution in [0.5, 0.6) is 11.5 Å². The molecule has 34 heavy (non-hydrogen) atoms. The van der Waals surface area contributed by atoms with Gasteiger partial charge in [0.05, 0.1) is 11.5 Å². The Morgan fingerprint density at radius 2 is 1.74 bits per heavy atom. The topological polar surface area (TPSA) is 105 Å². The van der Waals surface area contributed by atoms with Gasteiger partial charge in [-0.1, -0.05) is 31.5 Å². The van der Waals surface area contributed by atoms with Gasteiger partial charge in [0, 0.05) is 19.6 Å². The van der Waals surface area contributed by atoms with Gasteiger partial charge in [0.15, 0.2) is 14.6 Å². The number of likely N-dealkylation sites (tertiary alicyclic amines) is 1. The molecule has 1 atom stereocenters. The molecule has 0 radical (unpaired) electrons. The van der Waals surface area contributed by atoms with Crippen molar-refractivity contribution in [2.75, 3.05) is 26.2 Å². The van der Waals surface area contributed by atoms with Crippen molar-refractivity contribution >= 4 is 15.7 Å². The monoisotopic (exact) mass is 490 g/mol. The molecule has 0 saturated carbocycles. The normalized spacial score (nSPS) is 17.0. The fraction of sp³-hybridized carbons (Fsp3) is 0.480. The van der Waals surface area contributed by atoms with Crippen molar-refractivity contribution in [1.29, 1.82) is 0 Å². The number of rotatable bonds is 11. The number of ether oxygens (including phenoxy) is 2. The van der Waals surface area contributed by atoms with Crippen molar-refractivity contribution in [2.24, 2.45) is 0 Å². The zero-order valence-electron chi connectivity index (χ0n) is 19.8. The largest absolute Gasteiger partial charge is 0.494 e. The summed E-state index contributed by atoms with van der Waals surface area (Å²) < 4.78 is 37.0. The van der Waals surface area contributed by atoms with Crippen molar-refractivity contribution in [3.05, 3.63) is 54.6 Å². The van der Waals surface area contributed by atoms with Crippen molar-refractivity contribution in [3.63, 3.8) is 0 Å². The second-order valence-corrected chi connectivity index (χ2v) is 10.9. The Morgan fingerprint density at radius 3 is 2.32 bits per heavy atom. The van der Waals surface area contributed by atoms with Crippen molar-refractivity contribution in [2.45, 2.75) is 55.3 Å². The van der Waals surface area contributed by atoms with Crippen LogP contribution in [0.1, 0.15) is 39.5 Å². The molecule has 2 N–H and O–H groups in total. The van der Waals surface area contributed by atoms with Gasteiger partial charge in [0.1, 0.15) is 17.6 Å². The van der Waals surface area contributed by atoms with E-state index in [9.17, 15) is 18.4 Å². The van der Waals surface area contributed by atoms with Crippen molar-refractivity contribution < 1.29 is 27.9 Å². The summed E-state index contributed by atoms with van der Waals surface area (Å²) in [6.07, 6.45) is 1.92. The molecule has 1 unspecified atom stereocenters. The van der Waals surface area contributed by atoms with Crippen LogP contribution in [0.3, 0.4) is 0 Å². The molecule has 1 aliphatic heterocycles. The van der Waals surface area contributed by atoms with Crippen LogP contribution in [-0.2, 0) is 14.6 Å². The first-order valence-electron chi connectivity index (χ1n) is 11.7. The lowest BCUT2D eigenvalue weighted by molar-refractivity contribution is -0.133. The molecular weight excluding hydrogens is 456 g/mol. The summed E-state index contributed by atoms with van der Waals surface area (Å²) in [5, 5.41) is 9.38. The number of nitrogens with one attached hydrogen (secondary N) is 1. The van der Waals surface area contributed by atoms with E-state index < -0.39 is 20.5 Å². The Kier molecular flexibility index (Phi) is 8.93. The molecule has 2 aromatic carbocycles. The molecule has 8 nitrogen and oxygen atoms in total. The number of benzene rings is 2. The summed E-state index contributed by atoms with van der Waals surface area (Å²) in [7, 11) is -4.06. The predicted octanol–water partition coefficient (Wildman–Crippen LogP) is 3.45. The molecule has 2 aromatic rings. The summed E-state index contributed by atoms with van der Waals surface area (Å²) >= 11 is 0. The Balaban J connectivity index is 1.69. The summed E-state index contributed by atoms with van der Waals surface area (Å²) in [4.78, 5) is 14.8. The number of para-hydroxylation sites is 1. The highest BCUT2D eigenvalue weighted by atomic mass is 32.2. The highest BCUT2D eigenvalue weighted by Crippen LogP contribution is 2.36. The minimum atomic E-state index is -4.06. The fourth-order valence-corrected chi connectivity index (χ4v) is 6.18. The van der Waals surface area contributed by atoms with E-state index in [1.807, 2.05) is 37.3 Å². The number of sulfone groups is 1. The summed E-state index contributed by atoms with van der Waals surface area (Å²) in [6.45, 7) is 5.93. The Labute approximate surface area is 201 Å². The number of nitrogens with zero attached hydrogens (tertiary/aromatic N) is 1. The van der Waals surface area contributed by atoms with E-state index in [-0.39, 0.29) is 23.8 Å². The molecule has 1 heterocycles. The van der Waals surface area contributed by atoms with Gasteiger partial charge in [-0.15, -0.1) is 0 Å². The molecule has 1 saturated heterocycles. The van der Waals surface area contributed by atoms with Crippen molar-refractivity contribution in [1.82, 2.24) is 10.4 Å². The van der Waals surface area contributed by atoms with Gasteiger partial charge in [-0.25, -0.2) is 13.9 Å². The molecule has 1 aliphatic rings. The molecule has 3 rings (SSSR count). The number of amides is 1. The second kappa shape index (κ2) is 11.7. The number of unbranched alkanes of at least 4 members (excludes halogenated alkanes) is 1. The van der Waals surface area contributed by atoms with Gasteiger partial charge < -0.3 is 9.47 Å². The lowest BCUT2D eigenvalue weighted by Crippen LogP contribution is -2.58. The third-order valence-electron chi connectivity index (χ3n) is 6.19. The smallest absolute Gasteiger partial charge is 0.265 e. The summed E-state index contributed by atoms with van der Waals surface area (Å²) in [5.41, 5.74) is 1.60. The zero-order valence-corrected chi connectivity index (χ0v) is 20.6.